The predicted octanol–water partition coefficient (Wildman–Crippen LogP) is 0.919. The first kappa shape index (κ1) is 10.5. The molecular formula is C9H10FNO3. The summed E-state index contributed by atoms with van der Waals surface area (Å²) >= 11 is 0. The Kier molecular flexibility index (Phi) is 3.03. The van der Waals surface area contributed by atoms with Crippen molar-refractivity contribution in [1.29, 1.82) is 0 Å². The second-order valence-corrected chi connectivity index (χ2v) is 2.67. The van der Waals surface area contributed by atoms with Crippen LogP contribution < -0.4 is 10.5 Å². The molecule has 0 fully saturated rings. The third-order valence-corrected chi connectivity index (χ3v) is 1.81. The average Bonchev–Trinajstić information content (AvgIpc) is 2.16. The lowest BCUT2D eigenvalue weighted by atomic mass is 10.1. The van der Waals surface area contributed by atoms with Gasteiger partial charge in [0.15, 0.2) is 0 Å². The highest BCUT2D eigenvalue weighted by molar-refractivity contribution is 5.76. The van der Waals surface area contributed by atoms with E-state index in [-0.39, 0.29) is 11.3 Å². The SMILES string of the molecule is COc1cccc(F)c1[C@@H](N)C(=O)O. The lowest BCUT2D eigenvalue weighted by Crippen LogP contribution is -2.22. The smallest absolute Gasteiger partial charge is 0.325 e. The average molecular weight is 199 g/mol. The van der Waals surface area contributed by atoms with Gasteiger partial charge in [-0.05, 0) is 12.1 Å². The fraction of sp³-hybridized carbons (Fsp3) is 0.222. The second-order valence-electron chi connectivity index (χ2n) is 2.67. The molecule has 1 aromatic carbocycles. The molecular weight excluding hydrogens is 189 g/mol. The first-order chi connectivity index (χ1) is 6.57. The number of benzene rings is 1. The minimum Gasteiger partial charge on any atom is -0.496 e. The summed E-state index contributed by atoms with van der Waals surface area (Å²) in [5.74, 6) is -1.84. The van der Waals surface area contributed by atoms with Crippen molar-refractivity contribution in [2.45, 2.75) is 6.04 Å². The molecule has 76 valence electrons. The first-order valence-corrected chi connectivity index (χ1v) is 3.88. The van der Waals surface area contributed by atoms with Gasteiger partial charge in [0.2, 0.25) is 0 Å². The van der Waals surface area contributed by atoms with Gasteiger partial charge in [0, 0.05) is 0 Å². The summed E-state index contributed by atoms with van der Waals surface area (Å²) in [7, 11) is 1.33. The van der Waals surface area contributed by atoms with Crippen molar-refractivity contribution >= 4 is 5.97 Å². The molecule has 0 bridgehead atoms. The minimum absolute atomic E-state index is 0.137. The molecule has 5 heteroatoms. The molecule has 0 unspecified atom stereocenters. The number of hydrogen-bond donors (Lipinski definition) is 2. The van der Waals surface area contributed by atoms with E-state index < -0.39 is 17.8 Å². The number of carboxylic acids is 1. The van der Waals surface area contributed by atoms with Crippen LogP contribution in [-0.2, 0) is 4.79 Å². The quantitative estimate of drug-likeness (QED) is 0.759. The third-order valence-electron chi connectivity index (χ3n) is 1.81. The molecule has 4 nitrogen and oxygen atoms in total. The summed E-state index contributed by atoms with van der Waals surface area (Å²) < 4.78 is 18.0. The zero-order chi connectivity index (χ0) is 10.7. The summed E-state index contributed by atoms with van der Waals surface area (Å²) in [6.07, 6.45) is 0. The maximum absolute atomic E-state index is 13.2. The molecule has 14 heavy (non-hydrogen) atoms. The van der Waals surface area contributed by atoms with Crippen molar-refractivity contribution in [1.82, 2.24) is 0 Å². The van der Waals surface area contributed by atoms with E-state index in [0.29, 0.717) is 0 Å². The van der Waals surface area contributed by atoms with Crippen LogP contribution in [0.3, 0.4) is 0 Å². The van der Waals surface area contributed by atoms with Gasteiger partial charge in [-0.25, -0.2) is 4.39 Å². The molecule has 0 spiro atoms. The Hall–Kier alpha value is -1.62. The molecule has 1 atom stereocenters. The van der Waals surface area contributed by atoms with Crippen molar-refractivity contribution < 1.29 is 19.0 Å². The van der Waals surface area contributed by atoms with Crippen molar-refractivity contribution in [2.75, 3.05) is 7.11 Å². The molecule has 0 amide bonds. The zero-order valence-electron chi connectivity index (χ0n) is 7.53. The highest BCUT2D eigenvalue weighted by atomic mass is 19.1. The van der Waals surface area contributed by atoms with E-state index in [2.05, 4.69) is 0 Å². The molecule has 0 aromatic heterocycles. The number of halogens is 1. The summed E-state index contributed by atoms with van der Waals surface area (Å²) in [4.78, 5) is 10.6. The van der Waals surface area contributed by atoms with Crippen molar-refractivity contribution in [3.8, 4) is 5.75 Å². The maximum Gasteiger partial charge on any atom is 0.325 e. The summed E-state index contributed by atoms with van der Waals surface area (Å²) in [5.41, 5.74) is 5.16. The number of carbonyl (C=O) groups is 1. The van der Waals surface area contributed by atoms with Gasteiger partial charge in [-0.1, -0.05) is 6.07 Å². The molecule has 1 rings (SSSR count). The standard InChI is InChI=1S/C9H10FNO3/c1-14-6-4-2-3-5(10)7(6)8(11)9(12)13/h2-4,8H,11H2,1H3,(H,12,13)/t8-/m1/s1. The molecule has 0 saturated heterocycles. The van der Waals surface area contributed by atoms with Crippen molar-refractivity contribution in [3.05, 3.63) is 29.6 Å². The largest absolute Gasteiger partial charge is 0.496 e. The molecule has 0 heterocycles. The van der Waals surface area contributed by atoms with E-state index >= 15 is 0 Å². The fourth-order valence-electron chi connectivity index (χ4n) is 1.12. The summed E-state index contributed by atoms with van der Waals surface area (Å²) in [6.45, 7) is 0. The Morgan fingerprint density at radius 3 is 2.79 bits per heavy atom. The highest BCUT2D eigenvalue weighted by Crippen LogP contribution is 2.26. The van der Waals surface area contributed by atoms with E-state index in [0.717, 1.165) is 6.07 Å². The van der Waals surface area contributed by atoms with Gasteiger partial charge >= 0.3 is 5.97 Å². The number of hydrogen-bond acceptors (Lipinski definition) is 3. The zero-order valence-corrected chi connectivity index (χ0v) is 7.53. The Balaban J connectivity index is 3.23. The highest BCUT2D eigenvalue weighted by Gasteiger charge is 2.22. The first-order valence-electron chi connectivity index (χ1n) is 3.88. The van der Waals surface area contributed by atoms with Crippen LogP contribution in [0.25, 0.3) is 0 Å². The van der Waals surface area contributed by atoms with E-state index in [9.17, 15) is 9.18 Å². The van der Waals surface area contributed by atoms with Crippen LogP contribution in [0.15, 0.2) is 18.2 Å². The van der Waals surface area contributed by atoms with E-state index in [4.69, 9.17) is 15.6 Å². The fourth-order valence-corrected chi connectivity index (χ4v) is 1.12. The topological polar surface area (TPSA) is 72.5 Å². The van der Waals surface area contributed by atoms with Crippen molar-refractivity contribution in [3.63, 3.8) is 0 Å². The second kappa shape index (κ2) is 4.06. The molecule has 0 aliphatic heterocycles. The molecule has 0 aliphatic rings. The van der Waals surface area contributed by atoms with E-state index in [1.165, 1.54) is 19.2 Å². The van der Waals surface area contributed by atoms with E-state index in [1.54, 1.807) is 0 Å². The number of nitrogens with two attached hydrogens (primary N) is 1. The number of carboxylic acid groups (broad SMARTS) is 1. The normalized spacial score (nSPS) is 12.2. The molecule has 3 N–H and O–H groups in total. The maximum atomic E-state index is 13.2. The van der Waals surface area contributed by atoms with Crippen molar-refractivity contribution in [2.24, 2.45) is 5.73 Å². The third kappa shape index (κ3) is 1.82. The van der Waals surface area contributed by atoms with Crippen LogP contribution in [0.2, 0.25) is 0 Å². The molecule has 1 aromatic rings. The molecule has 0 radical (unpaired) electrons. The lowest BCUT2D eigenvalue weighted by Gasteiger charge is -2.12. The molecule has 0 saturated carbocycles. The predicted molar refractivity (Wildman–Crippen MR) is 47.5 cm³/mol. The van der Waals surface area contributed by atoms with Crippen LogP contribution in [0.1, 0.15) is 11.6 Å². The van der Waals surface area contributed by atoms with Crippen LogP contribution in [0.4, 0.5) is 4.39 Å². The Labute approximate surface area is 80.1 Å². The van der Waals surface area contributed by atoms with Gasteiger partial charge in [0.1, 0.15) is 17.6 Å². The van der Waals surface area contributed by atoms with E-state index in [1.807, 2.05) is 0 Å². The van der Waals surface area contributed by atoms with Gasteiger partial charge in [-0.3, -0.25) is 4.79 Å². The van der Waals surface area contributed by atoms with Gasteiger partial charge in [-0.2, -0.15) is 0 Å². The van der Waals surface area contributed by atoms with Gasteiger partial charge in [-0.15, -0.1) is 0 Å². The van der Waals surface area contributed by atoms with Crippen LogP contribution in [0.5, 0.6) is 5.75 Å². The number of rotatable bonds is 3. The minimum atomic E-state index is -1.41. The van der Waals surface area contributed by atoms with Crippen LogP contribution in [-0.4, -0.2) is 18.2 Å². The monoisotopic (exact) mass is 199 g/mol. The Bertz CT molecular complexity index is 354. The Morgan fingerprint density at radius 1 is 1.64 bits per heavy atom. The summed E-state index contributed by atoms with van der Waals surface area (Å²) in [5, 5.41) is 8.63. The van der Waals surface area contributed by atoms with Gasteiger partial charge < -0.3 is 15.6 Å². The van der Waals surface area contributed by atoms with Crippen LogP contribution in [0, 0.1) is 5.82 Å². The lowest BCUT2D eigenvalue weighted by molar-refractivity contribution is -0.138. The number of aliphatic carboxylic acids is 1. The van der Waals surface area contributed by atoms with Gasteiger partial charge in [0.25, 0.3) is 0 Å². The van der Waals surface area contributed by atoms with Crippen LogP contribution >= 0.6 is 0 Å². The Morgan fingerprint density at radius 2 is 2.29 bits per heavy atom. The number of ether oxygens (including phenoxy) is 1. The number of methoxy groups -OCH3 is 1. The summed E-state index contributed by atoms with van der Waals surface area (Å²) in [6, 6.07) is 2.61. The van der Waals surface area contributed by atoms with Gasteiger partial charge in [0.05, 0.1) is 12.7 Å². The molecule has 0 aliphatic carbocycles.